The maximum absolute atomic E-state index is 12.6. The molecule has 12 heteroatoms. The second kappa shape index (κ2) is 7.72. The Hall–Kier alpha value is -2.63. The van der Waals surface area contributed by atoms with Crippen LogP contribution in [0.3, 0.4) is 0 Å². The molecule has 1 amide bonds. The fraction of sp³-hybridized carbons (Fsp3) is 0.429. The quantitative estimate of drug-likeness (QED) is 0.773. The fourth-order valence-electron chi connectivity index (χ4n) is 1.87. The number of hydrogen-bond acceptors (Lipinski definition) is 6. The first-order valence-corrected chi connectivity index (χ1v) is 8.13. The molecule has 0 saturated heterocycles. The molecule has 1 N–H and O–H groups in total. The van der Waals surface area contributed by atoms with Gasteiger partial charge in [-0.25, -0.2) is 4.79 Å². The number of ether oxygens (including phenoxy) is 1. The number of thiazole rings is 1. The molecule has 2 aromatic rings. The molecule has 0 aliphatic carbocycles. The van der Waals surface area contributed by atoms with Crippen LogP contribution in [0.5, 0.6) is 5.19 Å². The molecule has 0 aliphatic rings. The first kappa shape index (κ1) is 19.7. The highest BCUT2D eigenvalue weighted by Gasteiger charge is 2.34. The summed E-state index contributed by atoms with van der Waals surface area (Å²) in [4.78, 5) is 27.8. The van der Waals surface area contributed by atoms with Gasteiger partial charge in [0.1, 0.15) is 13.2 Å². The van der Waals surface area contributed by atoms with E-state index in [2.05, 4.69) is 10.1 Å². The average Bonchev–Trinajstić information content (AvgIpc) is 3.14. The lowest BCUT2D eigenvalue weighted by molar-refractivity contribution is -0.142. The molecular formula is C14H15F3N4O4S. The maximum Gasteiger partial charge on any atom is 0.435 e. The Morgan fingerprint density at radius 2 is 2.12 bits per heavy atom. The lowest BCUT2D eigenvalue weighted by Crippen LogP contribution is -2.34. The number of hydrogen-bond donors (Lipinski definition) is 1. The molecule has 8 nitrogen and oxygen atoms in total. The minimum atomic E-state index is -4.57. The number of aromatic nitrogens is 3. The van der Waals surface area contributed by atoms with Crippen molar-refractivity contribution >= 4 is 23.2 Å². The van der Waals surface area contributed by atoms with Gasteiger partial charge < -0.3 is 14.7 Å². The van der Waals surface area contributed by atoms with Crippen molar-refractivity contribution in [3.05, 3.63) is 28.5 Å². The number of carboxylic acid groups (broad SMARTS) is 1. The van der Waals surface area contributed by atoms with Gasteiger partial charge in [0, 0.05) is 18.1 Å². The Kier molecular flexibility index (Phi) is 5.85. The van der Waals surface area contributed by atoms with Crippen molar-refractivity contribution < 1.29 is 32.6 Å². The van der Waals surface area contributed by atoms with Gasteiger partial charge in [0.05, 0.1) is 6.54 Å². The Labute approximate surface area is 149 Å². The van der Waals surface area contributed by atoms with Crippen LogP contribution in [0.2, 0.25) is 0 Å². The van der Waals surface area contributed by atoms with Crippen LogP contribution in [0.15, 0.2) is 11.4 Å². The zero-order valence-electron chi connectivity index (χ0n) is 13.8. The van der Waals surface area contributed by atoms with Crippen LogP contribution >= 0.6 is 11.3 Å². The summed E-state index contributed by atoms with van der Waals surface area (Å²) in [5.41, 5.74) is -0.963. The number of aromatic carboxylic acids is 1. The van der Waals surface area contributed by atoms with Crippen molar-refractivity contribution in [3.8, 4) is 5.19 Å². The Balaban J connectivity index is 1.85. The second-order valence-electron chi connectivity index (χ2n) is 5.29. The summed E-state index contributed by atoms with van der Waals surface area (Å²) < 4.78 is 44.1. The van der Waals surface area contributed by atoms with Crippen LogP contribution in [0.1, 0.15) is 21.9 Å². The van der Waals surface area contributed by atoms with Crippen molar-refractivity contribution in [2.45, 2.75) is 19.6 Å². The number of carbonyl (C=O) groups is 2. The number of halogens is 3. The molecular weight excluding hydrogens is 377 g/mol. The van der Waals surface area contributed by atoms with E-state index in [0.29, 0.717) is 0 Å². The van der Waals surface area contributed by atoms with Crippen molar-refractivity contribution in [3.63, 3.8) is 0 Å². The van der Waals surface area contributed by atoms with Crippen molar-refractivity contribution in [2.24, 2.45) is 0 Å². The minimum absolute atomic E-state index is 0.0563. The molecule has 0 saturated carbocycles. The molecule has 2 aromatic heterocycles. The van der Waals surface area contributed by atoms with E-state index in [1.807, 2.05) is 0 Å². The van der Waals surface area contributed by atoms with Crippen LogP contribution in [0.25, 0.3) is 0 Å². The molecule has 142 valence electrons. The maximum atomic E-state index is 12.6. The largest absolute Gasteiger partial charge is 0.476 e. The number of aryl methyl sites for hydroxylation is 1. The average molecular weight is 392 g/mol. The zero-order valence-corrected chi connectivity index (χ0v) is 14.6. The van der Waals surface area contributed by atoms with E-state index in [1.165, 1.54) is 24.3 Å². The first-order valence-electron chi connectivity index (χ1n) is 7.25. The molecule has 0 atom stereocenters. The van der Waals surface area contributed by atoms with Gasteiger partial charge in [-0.2, -0.15) is 23.3 Å². The van der Waals surface area contributed by atoms with Gasteiger partial charge in [0.15, 0.2) is 11.4 Å². The van der Waals surface area contributed by atoms with E-state index < -0.39 is 23.7 Å². The third-order valence-electron chi connectivity index (χ3n) is 3.34. The predicted octanol–water partition coefficient (Wildman–Crippen LogP) is 1.90. The van der Waals surface area contributed by atoms with Crippen LogP contribution in [-0.2, 0) is 17.5 Å². The van der Waals surface area contributed by atoms with Crippen molar-refractivity contribution in [2.75, 3.05) is 20.2 Å². The predicted molar refractivity (Wildman–Crippen MR) is 84.2 cm³/mol. The van der Waals surface area contributed by atoms with E-state index in [4.69, 9.17) is 9.84 Å². The molecule has 0 radical (unpaired) electrons. The number of carbonyl (C=O) groups excluding carboxylic acids is 1. The van der Waals surface area contributed by atoms with E-state index in [9.17, 15) is 22.8 Å². The molecule has 0 aliphatic heterocycles. The monoisotopic (exact) mass is 392 g/mol. The van der Waals surface area contributed by atoms with Crippen LogP contribution in [0.4, 0.5) is 13.2 Å². The molecule has 26 heavy (non-hydrogen) atoms. The van der Waals surface area contributed by atoms with Gasteiger partial charge in [-0.1, -0.05) is 11.3 Å². The smallest absolute Gasteiger partial charge is 0.435 e. The third kappa shape index (κ3) is 4.94. The molecule has 2 heterocycles. The van der Waals surface area contributed by atoms with E-state index in [1.54, 1.807) is 0 Å². The van der Waals surface area contributed by atoms with E-state index in [-0.39, 0.29) is 36.3 Å². The highest BCUT2D eigenvalue weighted by Crippen LogP contribution is 2.28. The highest BCUT2D eigenvalue weighted by molar-refractivity contribution is 7.11. The van der Waals surface area contributed by atoms with Crippen molar-refractivity contribution in [1.29, 1.82) is 0 Å². The van der Waals surface area contributed by atoms with Gasteiger partial charge in [-0.05, 0) is 13.0 Å². The topological polar surface area (TPSA) is 97.5 Å². The van der Waals surface area contributed by atoms with Crippen molar-refractivity contribution in [1.82, 2.24) is 19.7 Å². The molecule has 0 fully saturated rings. The first-order chi connectivity index (χ1) is 12.1. The molecule has 0 aromatic carbocycles. The molecule has 0 spiro atoms. The fourth-order valence-corrected chi connectivity index (χ4v) is 2.54. The minimum Gasteiger partial charge on any atom is -0.476 e. The number of amides is 1. The number of rotatable bonds is 7. The summed E-state index contributed by atoms with van der Waals surface area (Å²) in [6, 6.07) is 0.874. The number of likely N-dealkylation sites (N-methyl/N-ethyl adjacent to an activating group) is 1. The summed E-state index contributed by atoms with van der Waals surface area (Å²) in [7, 11) is 1.47. The Morgan fingerprint density at radius 1 is 1.42 bits per heavy atom. The summed E-state index contributed by atoms with van der Waals surface area (Å²) >= 11 is 1.01. The SMILES string of the molecule is Cc1cc(C(F)(F)F)nn1CC(=O)N(C)CCOc1nc(C(=O)O)cs1. The van der Waals surface area contributed by atoms with E-state index >= 15 is 0 Å². The van der Waals surface area contributed by atoms with Gasteiger partial charge in [0.2, 0.25) is 5.91 Å². The molecule has 0 unspecified atom stereocenters. The van der Waals surface area contributed by atoms with Crippen LogP contribution < -0.4 is 4.74 Å². The lowest BCUT2D eigenvalue weighted by Gasteiger charge is -2.17. The standard InChI is InChI=1S/C14H15F3N4O4S/c1-8-5-10(14(15,16)17)19-21(8)6-11(22)20(2)3-4-25-13-18-9(7-26-13)12(23)24/h5,7H,3-4,6H2,1-2H3,(H,23,24). The zero-order chi connectivity index (χ0) is 19.5. The van der Waals surface area contributed by atoms with Crippen LogP contribution in [-0.4, -0.2) is 56.8 Å². The summed E-state index contributed by atoms with van der Waals surface area (Å²) in [6.45, 7) is 1.30. The molecule has 0 bridgehead atoms. The van der Waals surface area contributed by atoms with Crippen LogP contribution in [0, 0.1) is 6.92 Å². The number of alkyl halides is 3. The lowest BCUT2D eigenvalue weighted by atomic mass is 10.3. The summed E-state index contributed by atoms with van der Waals surface area (Å²) in [5.74, 6) is -1.62. The second-order valence-corrected chi connectivity index (χ2v) is 6.11. The number of nitrogens with zero attached hydrogens (tertiary/aromatic N) is 4. The normalized spacial score (nSPS) is 11.4. The highest BCUT2D eigenvalue weighted by atomic mass is 32.1. The van der Waals surface area contributed by atoms with Gasteiger partial charge in [0.25, 0.3) is 5.19 Å². The molecule has 2 rings (SSSR count). The van der Waals surface area contributed by atoms with Gasteiger partial charge in [-0.3, -0.25) is 9.48 Å². The van der Waals surface area contributed by atoms with Gasteiger partial charge in [-0.15, -0.1) is 0 Å². The van der Waals surface area contributed by atoms with Gasteiger partial charge >= 0.3 is 12.1 Å². The third-order valence-corrected chi connectivity index (χ3v) is 4.09. The summed E-state index contributed by atoms with van der Waals surface area (Å²) in [5, 5.41) is 13.6. The Morgan fingerprint density at radius 3 is 2.65 bits per heavy atom. The van der Waals surface area contributed by atoms with E-state index in [0.717, 1.165) is 22.1 Å². The Bertz CT molecular complexity index is 802. The number of carboxylic acids is 1. The summed E-state index contributed by atoms with van der Waals surface area (Å²) in [6.07, 6.45) is -4.57.